The van der Waals surface area contributed by atoms with Crippen molar-refractivity contribution in [2.45, 2.75) is 75.7 Å². The molecule has 1 aromatic carbocycles. The van der Waals surface area contributed by atoms with E-state index in [2.05, 4.69) is 50.0 Å². The number of likely N-dealkylation sites (tertiary alicyclic amines) is 1. The minimum Gasteiger partial charge on any atom is -0.328 e. The van der Waals surface area contributed by atoms with Gasteiger partial charge in [-0.2, -0.15) is 0 Å². The molecule has 4 rings (SSSR count). The summed E-state index contributed by atoms with van der Waals surface area (Å²) in [7, 11) is 0. The molecule has 4 heteroatoms. The monoisotopic (exact) mass is 391 g/mol. The normalized spacial score (nSPS) is 32.8. The zero-order valence-corrected chi connectivity index (χ0v) is 16.1. The molecule has 3 heterocycles. The maximum atomic E-state index is 6.30. The number of nitrogens with two attached hydrogens (primary N) is 1. The third kappa shape index (κ3) is 3.57. The fraction of sp³-hybridized carbons (Fsp3) is 0.700. The van der Waals surface area contributed by atoms with Crippen LogP contribution in [0.15, 0.2) is 28.7 Å². The lowest BCUT2D eigenvalue weighted by Gasteiger charge is -2.53. The minimum absolute atomic E-state index is 0.451. The van der Waals surface area contributed by atoms with Crippen LogP contribution in [0, 0.1) is 0 Å². The first kappa shape index (κ1) is 17.0. The highest BCUT2D eigenvalue weighted by molar-refractivity contribution is 9.10. The Balaban J connectivity index is 1.35. The van der Waals surface area contributed by atoms with E-state index in [-0.39, 0.29) is 0 Å². The average molecular weight is 392 g/mol. The molecule has 0 saturated carbocycles. The molecule has 0 amide bonds. The molecule has 1 aromatic rings. The van der Waals surface area contributed by atoms with Gasteiger partial charge in [-0.05, 0) is 63.2 Å². The molecule has 3 aliphatic rings. The van der Waals surface area contributed by atoms with Gasteiger partial charge >= 0.3 is 0 Å². The van der Waals surface area contributed by atoms with Crippen molar-refractivity contribution in [3.8, 4) is 0 Å². The van der Waals surface area contributed by atoms with Crippen molar-refractivity contribution < 1.29 is 0 Å². The third-order valence-electron chi connectivity index (χ3n) is 6.40. The summed E-state index contributed by atoms with van der Waals surface area (Å²) in [6.45, 7) is 3.54. The van der Waals surface area contributed by atoms with E-state index >= 15 is 0 Å². The standard InChI is InChI=1S/C20H30BrN3/c21-20-7-2-1-4-15(20)14-23-10-8-17(9-11-23)24-18-5-3-6-19(24)13-16(22)12-18/h1-2,4,7,16-19H,3,5-6,8-14,22H2. The topological polar surface area (TPSA) is 32.5 Å². The van der Waals surface area contributed by atoms with Crippen LogP contribution < -0.4 is 5.73 Å². The lowest BCUT2D eigenvalue weighted by molar-refractivity contribution is -0.0270. The molecule has 2 atom stereocenters. The SMILES string of the molecule is NC1CC2CCCC(C1)N2C1CCN(Cc2ccccc2Br)CC1. The molecule has 24 heavy (non-hydrogen) atoms. The first-order chi connectivity index (χ1) is 11.7. The number of piperidine rings is 3. The van der Waals surface area contributed by atoms with Crippen LogP contribution in [0.25, 0.3) is 0 Å². The summed E-state index contributed by atoms with van der Waals surface area (Å²) in [5.41, 5.74) is 7.71. The number of nitrogens with zero attached hydrogens (tertiary/aromatic N) is 2. The third-order valence-corrected chi connectivity index (χ3v) is 7.17. The largest absolute Gasteiger partial charge is 0.328 e. The maximum Gasteiger partial charge on any atom is 0.0244 e. The molecule has 0 aromatic heterocycles. The van der Waals surface area contributed by atoms with Crippen molar-refractivity contribution in [3.63, 3.8) is 0 Å². The van der Waals surface area contributed by atoms with Gasteiger partial charge in [-0.3, -0.25) is 9.80 Å². The van der Waals surface area contributed by atoms with E-state index in [1.807, 2.05) is 0 Å². The van der Waals surface area contributed by atoms with Crippen LogP contribution >= 0.6 is 15.9 Å². The molecule has 2 unspecified atom stereocenters. The van der Waals surface area contributed by atoms with Crippen molar-refractivity contribution in [1.29, 1.82) is 0 Å². The van der Waals surface area contributed by atoms with Gasteiger partial charge < -0.3 is 5.73 Å². The Labute approximate surface area is 154 Å². The van der Waals surface area contributed by atoms with Crippen molar-refractivity contribution in [1.82, 2.24) is 9.80 Å². The highest BCUT2D eigenvalue weighted by atomic mass is 79.9. The van der Waals surface area contributed by atoms with Crippen molar-refractivity contribution in [3.05, 3.63) is 34.3 Å². The molecule has 3 fully saturated rings. The van der Waals surface area contributed by atoms with Gasteiger partial charge in [0.25, 0.3) is 0 Å². The Morgan fingerprint density at radius 3 is 2.29 bits per heavy atom. The lowest BCUT2D eigenvalue weighted by Crippen LogP contribution is -2.60. The fourth-order valence-electron chi connectivity index (χ4n) is 5.30. The van der Waals surface area contributed by atoms with Crippen LogP contribution in [0.2, 0.25) is 0 Å². The summed E-state index contributed by atoms with van der Waals surface area (Å²) in [4.78, 5) is 5.53. The van der Waals surface area contributed by atoms with Gasteiger partial charge in [-0.25, -0.2) is 0 Å². The molecule has 0 spiro atoms. The fourth-order valence-corrected chi connectivity index (χ4v) is 5.71. The van der Waals surface area contributed by atoms with Gasteiger partial charge in [0.05, 0.1) is 0 Å². The van der Waals surface area contributed by atoms with Crippen LogP contribution in [-0.2, 0) is 6.54 Å². The minimum atomic E-state index is 0.451. The molecular formula is C20H30BrN3. The van der Waals surface area contributed by atoms with Crippen LogP contribution in [0.1, 0.15) is 50.5 Å². The highest BCUT2D eigenvalue weighted by Crippen LogP contribution is 2.37. The number of benzene rings is 1. The lowest BCUT2D eigenvalue weighted by atomic mass is 9.80. The van der Waals surface area contributed by atoms with Crippen LogP contribution in [-0.4, -0.2) is 47.1 Å². The molecule has 3 saturated heterocycles. The second kappa shape index (κ2) is 7.45. The van der Waals surface area contributed by atoms with E-state index in [1.54, 1.807) is 0 Å². The number of hydrogen-bond donors (Lipinski definition) is 1. The van der Waals surface area contributed by atoms with Gasteiger partial charge in [0.15, 0.2) is 0 Å². The average Bonchev–Trinajstić information content (AvgIpc) is 2.57. The Morgan fingerprint density at radius 1 is 0.958 bits per heavy atom. The quantitative estimate of drug-likeness (QED) is 0.850. The molecule has 0 radical (unpaired) electrons. The van der Waals surface area contributed by atoms with E-state index in [9.17, 15) is 0 Å². The summed E-state index contributed by atoms with van der Waals surface area (Å²) in [5, 5.41) is 0. The molecule has 3 nitrogen and oxygen atoms in total. The number of halogens is 1. The Bertz CT molecular complexity index is 542. The van der Waals surface area contributed by atoms with E-state index in [0.29, 0.717) is 6.04 Å². The van der Waals surface area contributed by atoms with E-state index in [0.717, 1.165) is 24.7 Å². The zero-order chi connectivity index (χ0) is 16.5. The van der Waals surface area contributed by atoms with Gasteiger partial charge in [0.2, 0.25) is 0 Å². The molecule has 2 bridgehead atoms. The predicted octanol–water partition coefficient (Wildman–Crippen LogP) is 3.76. The van der Waals surface area contributed by atoms with Crippen molar-refractivity contribution in [2.24, 2.45) is 5.73 Å². The predicted molar refractivity (Wildman–Crippen MR) is 103 cm³/mol. The molecule has 3 aliphatic heterocycles. The van der Waals surface area contributed by atoms with Gasteiger partial charge in [0, 0.05) is 35.2 Å². The molecular weight excluding hydrogens is 362 g/mol. The van der Waals surface area contributed by atoms with Crippen molar-refractivity contribution in [2.75, 3.05) is 13.1 Å². The summed E-state index contributed by atoms with van der Waals surface area (Å²) >= 11 is 3.69. The number of hydrogen-bond acceptors (Lipinski definition) is 3. The van der Waals surface area contributed by atoms with E-state index in [1.165, 1.54) is 68.1 Å². The molecule has 2 N–H and O–H groups in total. The maximum absolute atomic E-state index is 6.30. The summed E-state index contributed by atoms with van der Waals surface area (Å²) in [6.07, 6.45) is 9.28. The van der Waals surface area contributed by atoms with Crippen molar-refractivity contribution >= 4 is 15.9 Å². The van der Waals surface area contributed by atoms with Crippen LogP contribution in [0.5, 0.6) is 0 Å². The van der Waals surface area contributed by atoms with Gasteiger partial charge in [-0.1, -0.05) is 40.5 Å². The van der Waals surface area contributed by atoms with Crippen LogP contribution in [0.4, 0.5) is 0 Å². The molecule has 0 aliphatic carbocycles. The highest BCUT2D eigenvalue weighted by Gasteiger charge is 2.41. The van der Waals surface area contributed by atoms with Crippen LogP contribution in [0.3, 0.4) is 0 Å². The summed E-state index contributed by atoms with van der Waals surface area (Å²) in [5.74, 6) is 0. The second-order valence-electron chi connectivity index (χ2n) is 8.02. The summed E-state index contributed by atoms with van der Waals surface area (Å²) in [6, 6.07) is 11.4. The van der Waals surface area contributed by atoms with Gasteiger partial charge in [0.1, 0.15) is 0 Å². The molecule has 132 valence electrons. The van der Waals surface area contributed by atoms with Gasteiger partial charge in [-0.15, -0.1) is 0 Å². The summed E-state index contributed by atoms with van der Waals surface area (Å²) < 4.78 is 1.24. The number of fused-ring (bicyclic) bond motifs is 2. The first-order valence-electron chi connectivity index (χ1n) is 9.69. The smallest absolute Gasteiger partial charge is 0.0244 e. The first-order valence-corrected chi connectivity index (χ1v) is 10.5. The number of rotatable bonds is 3. The Morgan fingerprint density at radius 2 is 1.62 bits per heavy atom. The Kier molecular flexibility index (Phi) is 5.28. The van der Waals surface area contributed by atoms with E-state index < -0.39 is 0 Å². The Hall–Kier alpha value is -0.420. The second-order valence-corrected chi connectivity index (χ2v) is 8.87. The zero-order valence-electron chi connectivity index (χ0n) is 14.5. The van der Waals surface area contributed by atoms with E-state index in [4.69, 9.17) is 5.73 Å².